The summed E-state index contributed by atoms with van der Waals surface area (Å²) in [7, 11) is 1.91. The molecular weight excluding hydrogens is 308 g/mol. The second-order valence-corrected chi connectivity index (χ2v) is 6.05. The molecule has 0 atom stereocenters. The van der Waals surface area contributed by atoms with E-state index < -0.39 is 0 Å². The molecular formula is C16H14N6S. The largest absolute Gasteiger partial charge is 0.305 e. The van der Waals surface area contributed by atoms with E-state index in [9.17, 15) is 5.26 Å². The van der Waals surface area contributed by atoms with Crippen LogP contribution in [0.5, 0.6) is 0 Å². The molecule has 0 radical (unpaired) electrons. The Morgan fingerprint density at radius 1 is 1.17 bits per heavy atom. The zero-order chi connectivity index (χ0) is 16.4. The van der Waals surface area contributed by atoms with Crippen molar-refractivity contribution < 1.29 is 0 Å². The Morgan fingerprint density at radius 3 is 2.61 bits per heavy atom. The lowest BCUT2D eigenvalue weighted by Gasteiger charge is -2.07. The van der Waals surface area contributed by atoms with Crippen LogP contribution in [0.2, 0.25) is 0 Å². The first-order valence-corrected chi connectivity index (χ1v) is 7.77. The third kappa shape index (κ3) is 2.94. The molecule has 0 amide bonds. The predicted octanol–water partition coefficient (Wildman–Crippen LogP) is 2.91. The summed E-state index contributed by atoms with van der Waals surface area (Å²) in [6, 6.07) is 7.90. The van der Waals surface area contributed by atoms with Gasteiger partial charge >= 0.3 is 0 Å². The van der Waals surface area contributed by atoms with Crippen LogP contribution in [-0.4, -0.2) is 24.7 Å². The molecule has 6 nitrogen and oxygen atoms in total. The van der Waals surface area contributed by atoms with Crippen LogP contribution >= 0.6 is 11.8 Å². The first-order chi connectivity index (χ1) is 11.1. The Labute approximate surface area is 138 Å². The third-order valence-corrected chi connectivity index (χ3v) is 4.46. The summed E-state index contributed by atoms with van der Waals surface area (Å²) in [4.78, 5) is 9.19. The molecule has 3 heterocycles. The quantitative estimate of drug-likeness (QED) is 0.737. The molecule has 0 saturated carbocycles. The van der Waals surface area contributed by atoms with Gasteiger partial charge in [-0.15, -0.1) is 10.2 Å². The second kappa shape index (κ2) is 6.18. The van der Waals surface area contributed by atoms with E-state index in [1.54, 1.807) is 12.4 Å². The van der Waals surface area contributed by atoms with E-state index in [4.69, 9.17) is 0 Å². The van der Waals surface area contributed by atoms with Gasteiger partial charge in [0.2, 0.25) is 0 Å². The van der Waals surface area contributed by atoms with Gasteiger partial charge in [-0.3, -0.25) is 9.97 Å². The highest BCUT2D eigenvalue weighted by molar-refractivity contribution is 7.99. The fourth-order valence-corrected chi connectivity index (χ4v) is 3.29. The topological polar surface area (TPSA) is 80.3 Å². The van der Waals surface area contributed by atoms with E-state index in [0.717, 1.165) is 32.8 Å². The number of aromatic nitrogens is 5. The number of nitriles is 1. The monoisotopic (exact) mass is 322 g/mol. The molecule has 114 valence electrons. The van der Waals surface area contributed by atoms with E-state index in [-0.39, 0.29) is 0 Å². The van der Waals surface area contributed by atoms with E-state index in [1.807, 2.05) is 43.7 Å². The van der Waals surface area contributed by atoms with Gasteiger partial charge in [0.05, 0.1) is 11.3 Å². The number of hydrogen-bond acceptors (Lipinski definition) is 6. The summed E-state index contributed by atoms with van der Waals surface area (Å²) in [5.41, 5.74) is 3.13. The number of rotatable bonds is 3. The van der Waals surface area contributed by atoms with E-state index in [2.05, 4.69) is 26.2 Å². The van der Waals surface area contributed by atoms with Gasteiger partial charge in [0, 0.05) is 35.6 Å². The van der Waals surface area contributed by atoms with E-state index >= 15 is 0 Å². The van der Waals surface area contributed by atoms with E-state index in [1.165, 1.54) is 11.8 Å². The zero-order valence-electron chi connectivity index (χ0n) is 13.0. The van der Waals surface area contributed by atoms with Crippen LogP contribution in [0, 0.1) is 25.2 Å². The minimum Gasteiger partial charge on any atom is -0.305 e. The highest BCUT2D eigenvalue weighted by atomic mass is 32.2. The van der Waals surface area contributed by atoms with Gasteiger partial charge in [0.25, 0.3) is 0 Å². The lowest BCUT2D eigenvalue weighted by atomic mass is 10.2. The molecule has 0 spiro atoms. The Kier molecular flexibility index (Phi) is 4.08. The highest BCUT2D eigenvalue weighted by Gasteiger charge is 2.15. The van der Waals surface area contributed by atoms with Crippen molar-refractivity contribution >= 4 is 11.8 Å². The van der Waals surface area contributed by atoms with Gasteiger partial charge in [-0.1, -0.05) is 0 Å². The summed E-state index contributed by atoms with van der Waals surface area (Å²) in [6.07, 6.45) is 3.44. The summed E-state index contributed by atoms with van der Waals surface area (Å²) in [5.74, 6) is 0.760. The van der Waals surface area contributed by atoms with Crippen LogP contribution in [0.4, 0.5) is 0 Å². The van der Waals surface area contributed by atoms with Crippen molar-refractivity contribution in [3.8, 4) is 17.5 Å². The van der Waals surface area contributed by atoms with Crippen molar-refractivity contribution in [2.24, 2.45) is 7.05 Å². The van der Waals surface area contributed by atoms with Gasteiger partial charge in [-0.2, -0.15) is 5.26 Å². The van der Waals surface area contributed by atoms with Crippen molar-refractivity contribution in [1.29, 1.82) is 5.26 Å². The molecule has 0 aliphatic rings. The molecule has 0 fully saturated rings. The normalized spacial score (nSPS) is 10.5. The minimum absolute atomic E-state index is 0.578. The molecule has 3 aromatic heterocycles. The van der Waals surface area contributed by atoms with Gasteiger partial charge < -0.3 is 4.57 Å². The maximum atomic E-state index is 9.37. The molecule has 3 rings (SSSR count). The van der Waals surface area contributed by atoms with Gasteiger partial charge in [0.1, 0.15) is 6.07 Å². The maximum absolute atomic E-state index is 9.37. The lowest BCUT2D eigenvalue weighted by molar-refractivity contribution is 0.793. The predicted molar refractivity (Wildman–Crippen MR) is 86.8 cm³/mol. The molecule has 0 saturated heterocycles. The number of pyridine rings is 2. The summed E-state index contributed by atoms with van der Waals surface area (Å²) in [5, 5.41) is 18.6. The van der Waals surface area contributed by atoms with Crippen LogP contribution in [0.25, 0.3) is 11.4 Å². The van der Waals surface area contributed by atoms with Crippen molar-refractivity contribution in [3.05, 3.63) is 47.5 Å². The number of aryl methyl sites for hydroxylation is 2. The van der Waals surface area contributed by atoms with Crippen LogP contribution in [0.15, 0.2) is 40.6 Å². The number of nitrogens with zero attached hydrogens (tertiary/aromatic N) is 6. The summed E-state index contributed by atoms with van der Waals surface area (Å²) < 4.78 is 1.91. The molecule has 0 aliphatic carbocycles. The van der Waals surface area contributed by atoms with Crippen molar-refractivity contribution in [3.63, 3.8) is 0 Å². The SMILES string of the molecule is Cc1cc(Sc2nnc(-c3ccncc3)n2C)c(C#N)c(C)n1. The molecule has 23 heavy (non-hydrogen) atoms. The average Bonchev–Trinajstić information content (AvgIpc) is 2.89. The molecule has 0 bridgehead atoms. The van der Waals surface area contributed by atoms with Crippen molar-refractivity contribution in [2.75, 3.05) is 0 Å². The summed E-state index contributed by atoms with van der Waals surface area (Å²) in [6.45, 7) is 3.76. The molecule has 0 unspecified atom stereocenters. The number of hydrogen-bond donors (Lipinski definition) is 0. The zero-order valence-corrected chi connectivity index (χ0v) is 13.8. The molecule has 0 aromatic carbocycles. The van der Waals surface area contributed by atoms with Crippen molar-refractivity contribution in [2.45, 2.75) is 23.9 Å². The molecule has 0 aliphatic heterocycles. The Bertz CT molecular complexity index is 895. The van der Waals surface area contributed by atoms with Crippen molar-refractivity contribution in [1.82, 2.24) is 24.7 Å². The van der Waals surface area contributed by atoms with Gasteiger partial charge in [0.15, 0.2) is 11.0 Å². The molecule has 0 N–H and O–H groups in total. The molecule has 3 aromatic rings. The van der Waals surface area contributed by atoms with Crippen LogP contribution in [-0.2, 0) is 7.05 Å². The maximum Gasteiger partial charge on any atom is 0.196 e. The Morgan fingerprint density at radius 2 is 1.91 bits per heavy atom. The van der Waals surface area contributed by atoms with Crippen LogP contribution in [0.1, 0.15) is 17.0 Å². The Hall–Kier alpha value is -2.72. The minimum atomic E-state index is 0.578. The highest BCUT2D eigenvalue weighted by Crippen LogP contribution is 2.32. The standard InChI is InChI=1S/C16H14N6S/c1-10-8-14(13(9-17)11(2)19-10)23-16-21-20-15(22(16)3)12-4-6-18-7-5-12/h4-8H,1-3H3. The Balaban J connectivity index is 2.00. The van der Waals surface area contributed by atoms with E-state index in [0.29, 0.717) is 5.56 Å². The fourth-order valence-electron chi connectivity index (χ4n) is 2.26. The van der Waals surface area contributed by atoms with Crippen LogP contribution < -0.4 is 0 Å². The van der Waals surface area contributed by atoms with Gasteiger partial charge in [-0.25, -0.2) is 0 Å². The fraction of sp³-hybridized carbons (Fsp3) is 0.188. The summed E-state index contributed by atoms with van der Waals surface area (Å²) >= 11 is 1.42. The lowest BCUT2D eigenvalue weighted by Crippen LogP contribution is -1.97. The van der Waals surface area contributed by atoms with Crippen LogP contribution in [0.3, 0.4) is 0 Å². The first-order valence-electron chi connectivity index (χ1n) is 6.96. The molecule has 7 heteroatoms. The van der Waals surface area contributed by atoms with Gasteiger partial charge in [-0.05, 0) is 43.8 Å². The third-order valence-electron chi connectivity index (χ3n) is 3.38. The average molecular weight is 322 g/mol. The first kappa shape index (κ1) is 15.2. The second-order valence-electron chi connectivity index (χ2n) is 5.04. The smallest absolute Gasteiger partial charge is 0.196 e.